The van der Waals surface area contributed by atoms with Crippen LogP contribution in [0.15, 0.2) is 53.2 Å². The molecule has 0 saturated heterocycles. The molecule has 1 atom stereocenters. The number of halogens is 2. The lowest BCUT2D eigenvalue weighted by molar-refractivity contribution is -0.143. The largest absolute Gasteiger partial charge is 0.489 e. The van der Waals surface area contributed by atoms with Crippen molar-refractivity contribution in [3.63, 3.8) is 0 Å². The molecule has 0 fully saturated rings. The Labute approximate surface area is 201 Å². The average Bonchev–Trinajstić information content (AvgIpc) is 3.29. The van der Waals surface area contributed by atoms with E-state index >= 15 is 0 Å². The molecule has 1 aromatic heterocycles. The molecule has 0 radical (unpaired) electrons. The van der Waals surface area contributed by atoms with Crippen molar-refractivity contribution in [3.05, 3.63) is 80.8 Å². The summed E-state index contributed by atoms with van der Waals surface area (Å²) in [5.41, 5.74) is 1.44. The lowest BCUT2D eigenvalue weighted by Gasteiger charge is -2.23. The van der Waals surface area contributed by atoms with Crippen LogP contribution in [0.1, 0.15) is 54.3 Å². The van der Waals surface area contributed by atoms with Gasteiger partial charge in [-0.05, 0) is 66.9 Å². The van der Waals surface area contributed by atoms with Crippen LogP contribution in [0.2, 0.25) is 5.02 Å². The summed E-state index contributed by atoms with van der Waals surface area (Å²) in [7, 11) is 0. The van der Waals surface area contributed by atoms with Crippen LogP contribution in [0.5, 0.6) is 11.5 Å². The Hall–Kier alpha value is -2.90. The molecular weight excluding hydrogens is 467 g/mol. The van der Waals surface area contributed by atoms with Crippen LogP contribution in [-0.2, 0) is 16.1 Å². The summed E-state index contributed by atoms with van der Waals surface area (Å²) < 4.78 is 31.7. The molecule has 0 N–H and O–H groups in total. The Balaban J connectivity index is 1.91. The molecule has 2 aromatic carbocycles. The van der Waals surface area contributed by atoms with Gasteiger partial charge in [-0.2, -0.15) is 11.3 Å². The summed E-state index contributed by atoms with van der Waals surface area (Å²) in [6.07, 6.45) is -0.822. The Morgan fingerprint density at radius 2 is 2.00 bits per heavy atom. The summed E-state index contributed by atoms with van der Waals surface area (Å²) in [6.45, 7) is 3.72. The van der Waals surface area contributed by atoms with Crippen LogP contribution < -0.4 is 9.47 Å². The SMILES string of the molecule is CCOC(=O)CCC(Oc1cc(OCc2ccsc2)ccc1C(C)=O)c1c(F)cccc1Cl. The second kappa shape index (κ2) is 11.8. The average molecular weight is 491 g/mol. The van der Waals surface area contributed by atoms with Crippen LogP contribution >= 0.6 is 22.9 Å². The molecule has 5 nitrogen and oxygen atoms in total. The molecule has 3 rings (SSSR count). The van der Waals surface area contributed by atoms with E-state index in [9.17, 15) is 14.0 Å². The fourth-order valence-corrected chi connectivity index (χ4v) is 4.18. The number of ether oxygens (including phenoxy) is 3. The third-order valence-corrected chi connectivity index (χ3v) is 5.89. The number of Topliss-reactive ketones (excluding diaryl/α,β-unsaturated/α-hetero) is 1. The summed E-state index contributed by atoms with van der Waals surface area (Å²) in [5, 5.41) is 4.10. The number of rotatable bonds is 11. The van der Waals surface area contributed by atoms with Gasteiger partial charge in [0, 0.05) is 18.1 Å². The van der Waals surface area contributed by atoms with Crippen molar-refractivity contribution in [3.8, 4) is 11.5 Å². The van der Waals surface area contributed by atoms with Crippen LogP contribution in [0.3, 0.4) is 0 Å². The molecule has 1 heterocycles. The lowest BCUT2D eigenvalue weighted by atomic mass is 10.0. The third-order valence-electron chi connectivity index (χ3n) is 4.82. The van der Waals surface area contributed by atoms with Gasteiger partial charge in [-0.1, -0.05) is 17.7 Å². The molecule has 33 heavy (non-hydrogen) atoms. The summed E-state index contributed by atoms with van der Waals surface area (Å²) in [6, 6.07) is 11.1. The molecule has 0 amide bonds. The minimum absolute atomic E-state index is 0.00702. The van der Waals surface area contributed by atoms with E-state index in [0.717, 1.165) is 5.56 Å². The predicted octanol–water partition coefficient (Wildman–Crippen LogP) is 6.79. The van der Waals surface area contributed by atoms with Gasteiger partial charge >= 0.3 is 5.97 Å². The van der Waals surface area contributed by atoms with E-state index in [1.54, 1.807) is 42.5 Å². The fraction of sp³-hybridized carbons (Fsp3) is 0.280. The number of hydrogen-bond acceptors (Lipinski definition) is 6. The van der Waals surface area contributed by atoms with Crippen molar-refractivity contribution in [2.75, 3.05) is 6.61 Å². The van der Waals surface area contributed by atoms with Crippen molar-refractivity contribution in [1.29, 1.82) is 0 Å². The van der Waals surface area contributed by atoms with Crippen molar-refractivity contribution >= 4 is 34.7 Å². The lowest BCUT2D eigenvalue weighted by Crippen LogP contribution is -2.15. The molecule has 0 aliphatic rings. The maximum absolute atomic E-state index is 14.7. The van der Waals surface area contributed by atoms with E-state index < -0.39 is 17.9 Å². The number of benzene rings is 2. The molecule has 0 aliphatic carbocycles. The molecule has 0 saturated carbocycles. The number of esters is 1. The third kappa shape index (κ3) is 6.79. The number of hydrogen-bond donors (Lipinski definition) is 0. The zero-order valence-corrected chi connectivity index (χ0v) is 19.9. The smallest absolute Gasteiger partial charge is 0.305 e. The first kappa shape index (κ1) is 24.7. The summed E-state index contributed by atoms with van der Waals surface area (Å²) >= 11 is 7.85. The summed E-state index contributed by atoms with van der Waals surface area (Å²) in [4.78, 5) is 24.2. The van der Waals surface area contributed by atoms with Gasteiger partial charge in [0.2, 0.25) is 0 Å². The number of carbonyl (C=O) groups excluding carboxylic acids is 2. The number of ketones is 1. The Morgan fingerprint density at radius 1 is 1.18 bits per heavy atom. The van der Waals surface area contributed by atoms with Gasteiger partial charge in [0.05, 0.1) is 17.2 Å². The minimum atomic E-state index is -0.923. The number of thiophene rings is 1. The van der Waals surface area contributed by atoms with Gasteiger partial charge in [-0.3, -0.25) is 9.59 Å². The van der Waals surface area contributed by atoms with E-state index in [-0.39, 0.29) is 41.6 Å². The van der Waals surface area contributed by atoms with Gasteiger partial charge in [0.15, 0.2) is 5.78 Å². The monoisotopic (exact) mass is 490 g/mol. The molecular formula is C25H24ClFO5S. The maximum atomic E-state index is 14.7. The van der Waals surface area contributed by atoms with Gasteiger partial charge in [0.25, 0.3) is 0 Å². The van der Waals surface area contributed by atoms with Crippen molar-refractivity contribution in [1.82, 2.24) is 0 Å². The second-order valence-corrected chi connectivity index (χ2v) is 8.41. The van der Waals surface area contributed by atoms with E-state index in [4.69, 9.17) is 25.8 Å². The van der Waals surface area contributed by atoms with Gasteiger partial charge in [-0.15, -0.1) is 0 Å². The standard InChI is InChI=1S/C25H24ClFO5S/c1-3-30-24(29)10-9-22(25-20(26)5-4-6-21(25)27)32-23-13-18(7-8-19(23)16(2)28)31-14-17-11-12-33-15-17/h4-8,11-13,15,22H,3,9-10,14H2,1-2H3. The summed E-state index contributed by atoms with van der Waals surface area (Å²) in [5.74, 6) is -0.509. The quantitative estimate of drug-likeness (QED) is 0.219. The Bertz CT molecular complexity index is 1080. The highest BCUT2D eigenvalue weighted by atomic mass is 35.5. The van der Waals surface area contributed by atoms with Crippen molar-refractivity contribution in [2.24, 2.45) is 0 Å². The van der Waals surface area contributed by atoms with E-state index in [2.05, 4.69) is 0 Å². The highest BCUT2D eigenvalue weighted by Crippen LogP contribution is 2.36. The van der Waals surface area contributed by atoms with E-state index in [0.29, 0.717) is 17.9 Å². The fourth-order valence-electron chi connectivity index (χ4n) is 3.24. The zero-order chi connectivity index (χ0) is 23.8. The minimum Gasteiger partial charge on any atom is -0.489 e. The van der Waals surface area contributed by atoms with Crippen LogP contribution in [-0.4, -0.2) is 18.4 Å². The molecule has 0 aliphatic heterocycles. The van der Waals surface area contributed by atoms with Gasteiger partial charge < -0.3 is 14.2 Å². The first-order chi connectivity index (χ1) is 15.9. The molecule has 3 aromatic rings. The van der Waals surface area contributed by atoms with Gasteiger partial charge in [0.1, 0.15) is 30.0 Å². The molecule has 0 spiro atoms. The topological polar surface area (TPSA) is 61.8 Å². The second-order valence-electron chi connectivity index (χ2n) is 7.22. The maximum Gasteiger partial charge on any atom is 0.305 e. The predicted molar refractivity (Wildman–Crippen MR) is 126 cm³/mol. The number of carbonyl (C=O) groups is 2. The zero-order valence-electron chi connectivity index (χ0n) is 18.3. The Kier molecular flexibility index (Phi) is 8.86. The molecule has 0 bridgehead atoms. The first-order valence-corrected chi connectivity index (χ1v) is 11.8. The van der Waals surface area contributed by atoms with Crippen LogP contribution in [0.4, 0.5) is 4.39 Å². The molecule has 8 heteroatoms. The molecule has 1 unspecified atom stereocenters. The normalized spacial score (nSPS) is 11.6. The molecule has 174 valence electrons. The van der Waals surface area contributed by atoms with Crippen LogP contribution in [0, 0.1) is 5.82 Å². The highest BCUT2D eigenvalue weighted by Gasteiger charge is 2.24. The Morgan fingerprint density at radius 3 is 2.67 bits per heavy atom. The van der Waals surface area contributed by atoms with E-state index in [1.807, 2.05) is 16.8 Å². The van der Waals surface area contributed by atoms with E-state index in [1.165, 1.54) is 19.1 Å². The van der Waals surface area contributed by atoms with Crippen molar-refractivity contribution in [2.45, 2.75) is 39.4 Å². The van der Waals surface area contributed by atoms with Crippen molar-refractivity contribution < 1.29 is 28.2 Å². The first-order valence-electron chi connectivity index (χ1n) is 10.4. The van der Waals surface area contributed by atoms with Gasteiger partial charge in [-0.25, -0.2) is 4.39 Å². The van der Waals surface area contributed by atoms with Crippen LogP contribution in [0.25, 0.3) is 0 Å². The highest BCUT2D eigenvalue weighted by molar-refractivity contribution is 7.07.